The number of pyridine rings is 1. The highest BCUT2D eigenvalue weighted by Gasteiger charge is 2.10. The molecule has 0 fully saturated rings. The van der Waals surface area contributed by atoms with E-state index < -0.39 is 0 Å². The maximum absolute atomic E-state index is 11.7. The number of aromatic nitrogens is 3. The molecule has 1 N–H and O–H groups in total. The molecule has 5 nitrogen and oxygen atoms in total. The number of imidazole rings is 1. The van der Waals surface area contributed by atoms with Crippen LogP contribution in [-0.4, -0.2) is 20.4 Å². The van der Waals surface area contributed by atoms with Crippen LogP contribution in [0.2, 0.25) is 0 Å². The van der Waals surface area contributed by atoms with E-state index in [0.717, 1.165) is 12.2 Å². The van der Waals surface area contributed by atoms with Crippen molar-refractivity contribution < 1.29 is 4.79 Å². The normalized spacial score (nSPS) is 12.1. The summed E-state index contributed by atoms with van der Waals surface area (Å²) in [6.07, 6.45) is 7.67. The molecule has 2 aromatic heterocycles. The number of hydrogen-bond acceptors (Lipinski definition) is 3. The molecule has 0 saturated carbocycles. The lowest BCUT2D eigenvalue weighted by atomic mass is 10.1. The number of amides is 1. The first-order valence-electron chi connectivity index (χ1n) is 5.96. The average molecular weight is 244 g/mol. The second-order valence-corrected chi connectivity index (χ2v) is 4.17. The van der Waals surface area contributed by atoms with Crippen molar-refractivity contribution in [3.05, 3.63) is 37.1 Å². The number of rotatable bonds is 4. The molecule has 0 aliphatic rings. The van der Waals surface area contributed by atoms with Gasteiger partial charge in [0, 0.05) is 18.3 Å². The van der Waals surface area contributed by atoms with Gasteiger partial charge in [-0.3, -0.25) is 9.36 Å². The molecule has 1 atom stereocenters. The summed E-state index contributed by atoms with van der Waals surface area (Å²) >= 11 is 0. The number of hydrogen-bond donors (Lipinski definition) is 1. The number of nitrogens with zero attached hydrogens (tertiary/aromatic N) is 3. The highest BCUT2D eigenvalue weighted by atomic mass is 16.1. The molecule has 5 heteroatoms. The van der Waals surface area contributed by atoms with Crippen LogP contribution in [-0.2, 0) is 4.79 Å². The SMILES string of the molecule is CCC(C)C(=O)Nc1ccc(-n2ccnc2)nc1. The van der Waals surface area contributed by atoms with Crippen molar-refractivity contribution in [3.8, 4) is 5.82 Å². The number of carbonyl (C=O) groups is 1. The molecule has 0 radical (unpaired) electrons. The summed E-state index contributed by atoms with van der Waals surface area (Å²) in [5, 5.41) is 2.84. The van der Waals surface area contributed by atoms with Crippen LogP contribution in [0.15, 0.2) is 37.1 Å². The zero-order chi connectivity index (χ0) is 13.0. The fourth-order valence-electron chi connectivity index (χ4n) is 1.46. The summed E-state index contributed by atoms with van der Waals surface area (Å²) in [5.41, 5.74) is 0.712. The van der Waals surface area contributed by atoms with Gasteiger partial charge in [0.05, 0.1) is 11.9 Å². The summed E-state index contributed by atoms with van der Waals surface area (Å²) in [7, 11) is 0. The van der Waals surface area contributed by atoms with Crippen LogP contribution in [0, 0.1) is 5.92 Å². The van der Waals surface area contributed by atoms with Gasteiger partial charge in [0.15, 0.2) is 0 Å². The third-order valence-corrected chi connectivity index (χ3v) is 2.84. The lowest BCUT2D eigenvalue weighted by Crippen LogP contribution is -2.19. The second-order valence-electron chi connectivity index (χ2n) is 4.17. The molecular weight excluding hydrogens is 228 g/mol. The van der Waals surface area contributed by atoms with Gasteiger partial charge >= 0.3 is 0 Å². The molecule has 1 amide bonds. The Morgan fingerprint density at radius 3 is 2.89 bits per heavy atom. The number of anilines is 1. The molecule has 0 aromatic carbocycles. The van der Waals surface area contributed by atoms with E-state index in [1.807, 2.05) is 32.2 Å². The monoisotopic (exact) mass is 244 g/mol. The molecule has 0 spiro atoms. The summed E-state index contributed by atoms with van der Waals surface area (Å²) < 4.78 is 1.81. The highest BCUT2D eigenvalue weighted by molar-refractivity contribution is 5.92. The molecule has 18 heavy (non-hydrogen) atoms. The zero-order valence-electron chi connectivity index (χ0n) is 10.5. The Balaban J connectivity index is 2.06. The molecule has 2 rings (SSSR count). The van der Waals surface area contributed by atoms with Gasteiger partial charge in [0.2, 0.25) is 5.91 Å². The predicted octanol–water partition coefficient (Wildman–Crippen LogP) is 2.25. The maximum Gasteiger partial charge on any atom is 0.227 e. The Morgan fingerprint density at radius 1 is 1.50 bits per heavy atom. The largest absolute Gasteiger partial charge is 0.324 e. The fraction of sp³-hybridized carbons (Fsp3) is 0.308. The van der Waals surface area contributed by atoms with Gasteiger partial charge in [-0.15, -0.1) is 0 Å². The predicted molar refractivity (Wildman–Crippen MR) is 69.4 cm³/mol. The molecule has 1 unspecified atom stereocenters. The van der Waals surface area contributed by atoms with Crippen LogP contribution in [0.1, 0.15) is 20.3 Å². The Bertz CT molecular complexity index is 504. The van der Waals surface area contributed by atoms with Crippen LogP contribution in [0.3, 0.4) is 0 Å². The van der Waals surface area contributed by atoms with E-state index in [-0.39, 0.29) is 11.8 Å². The molecule has 94 valence electrons. The Kier molecular flexibility index (Phi) is 3.72. The van der Waals surface area contributed by atoms with E-state index >= 15 is 0 Å². The van der Waals surface area contributed by atoms with Crippen molar-refractivity contribution in [1.82, 2.24) is 14.5 Å². The van der Waals surface area contributed by atoms with Crippen LogP contribution in [0.25, 0.3) is 5.82 Å². The van der Waals surface area contributed by atoms with Gasteiger partial charge in [-0.2, -0.15) is 0 Å². The van der Waals surface area contributed by atoms with Crippen LogP contribution < -0.4 is 5.32 Å². The van der Waals surface area contributed by atoms with Crippen molar-refractivity contribution in [2.45, 2.75) is 20.3 Å². The third kappa shape index (κ3) is 2.74. The van der Waals surface area contributed by atoms with Crippen molar-refractivity contribution in [2.75, 3.05) is 5.32 Å². The Hall–Kier alpha value is -2.17. The molecule has 0 aliphatic heterocycles. The van der Waals surface area contributed by atoms with E-state index in [1.54, 1.807) is 23.3 Å². The fourth-order valence-corrected chi connectivity index (χ4v) is 1.46. The van der Waals surface area contributed by atoms with Crippen molar-refractivity contribution in [1.29, 1.82) is 0 Å². The van der Waals surface area contributed by atoms with Crippen molar-refractivity contribution >= 4 is 11.6 Å². The minimum atomic E-state index is 0.0123. The Labute approximate surface area is 106 Å². The first kappa shape index (κ1) is 12.3. The standard InChI is InChI=1S/C13H16N4O/c1-3-10(2)13(18)16-11-4-5-12(15-8-11)17-7-6-14-9-17/h4-10H,3H2,1-2H3,(H,16,18). The smallest absolute Gasteiger partial charge is 0.227 e. The van der Waals surface area contributed by atoms with E-state index in [4.69, 9.17) is 0 Å². The highest BCUT2D eigenvalue weighted by Crippen LogP contribution is 2.11. The lowest BCUT2D eigenvalue weighted by Gasteiger charge is -2.10. The van der Waals surface area contributed by atoms with Crippen LogP contribution in [0.5, 0.6) is 0 Å². The zero-order valence-corrected chi connectivity index (χ0v) is 10.5. The first-order valence-corrected chi connectivity index (χ1v) is 5.96. The molecular formula is C13H16N4O. The van der Waals surface area contributed by atoms with Crippen LogP contribution >= 0.6 is 0 Å². The summed E-state index contributed by atoms with van der Waals surface area (Å²) in [6.45, 7) is 3.90. The number of nitrogens with one attached hydrogen (secondary N) is 1. The van der Waals surface area contributed by atoms with E-state index in [0.29, 0.717) is 5.69 Å². The lowest BCUT2D eigenvalue weighted by molar-refractivity contribution is -0.119. The maximum atomic E-state index is 11.7. The van der Waals surface area contributed by atoms with Crippen LogP contribution in [0.4, 0.5) is 5.69 Å². The molecule has 0 saturated heterocycles. The Morgan fingerprint density at radius 2 is 2.33 bits per heavy atom. The van der Waals surface area contributed by atoms with Gasteiger partial charge in [0.1, 0.15) is 12.1 Å². The minimum absolute atomic E-state index is 0.0123. The molecule has 2 heterocycles. The summed E-state index contributed by atoms with van der Waals surface area (Å²) in [6, 6.07) is 3.68. The summed E-state index contributed by atoms with van der Waals surface area (Å²) in [4.78, 5) is 19.9. The topological polar surface area (TPSA) is 59.8 Å². The van der Waals surface area contributed by atoms with Gasteiger partial charge in [-0.25, -0.2) is 9.97 Å². The first-order chi connectivity index (χ1) is 8.70. The van der Waals surface area contributed by atoms with E-state index in [2.05, 4.69) is 15.3 Å². The second kappa shape index (κ2) is 5.44. The molecule has 0 bridgehead atoms. The molecule has 2 aromatic rings. The third-order valence-electron chi connectivity index (χ3n) is 2.84. The average Bonchev–Trinajstić information content (AvgIpc) is 2.92. The number of carbonyl (C=O) groups excluding carboxylic acids is 1. The summed E-state index contributed by atoms with van der Waals surface area (Å²) in [5.74, 6) is 0.807. The molecule has 0 aliphatic carbocycles. The quantitative estimate of drug-likeness (QED) is 0.897. The van der Waals surface area contributed by atoms with Gasteiger partial charge in [0.25, 0.3) is 0 Å². The van der Waals surface area contributed by atoms with E-state index in [1.165, 1.54) is 0 Å². The minimum Gasteiger partial charge on any atom is -0.324 e. The van der Waals surface area contributed by atoms with Crippen molar-refractivity contribution in [3.63, 3.8) is 0 Å². The van der Waals surface area contributed by atoms with Gasteiger partial charge < -0.3 is 5.32 Å². The van der Waals surface area contributed by atoms with Crippen molar-refractivity contribution in [2.24, 2.45) is 5.92 Å². The van der Waals surface area contributed by atoms with Gasteiger partial charge in [-0.05, 0) is 18.6 Å². The van der Waals surface area contributed by atoms with Gasteiger partial charge in [-0.1, -0.05) is 13.8 Å². The van der Waals surface area contributed by atoms with E-state index in [9.17, 15) is 4.79 Å².